The smallest absolute Gasteiger partial charge is 0.262 e. The van der Waals surface area contributed by atoms with Crippen LogP contribution < -0.4 is 16.0 Å². The molecule has 31 heavy (non-hydrogen) atoms. The fourth-order valence-electron chi connectivity index (χ4n) is 2.75. The minimum atomic E-state index is -3.76. The van der Waals surface area contributed by atoms with Crippen molar-refractivity contribution in [1.82, 2.24) is 14.9 Å². The highest BCUT2D eigenvalue weighted by Gasteiger charge is 2.13. The number of primary sulfonamides is 1. The summed E-state index contributed by atoms with van der Waals surface area (Å²) in [7, 11) is -3.76. The van der Waals surface area contributed by atoms with Gasteiger partial charge in [-0.05, 0) is 35.9 Å². The Kier molecular flexibility index (Phi) is 7.16. The number of nitrogens with two attached hydrogens (primary N) is 1. The van der Waals surface area contributed by atoms with Gasteiger partial charge >= 0.3 is 0 Å². The Bertz CT molecular complexity index is 1310. The Labute approximate surface area is 188 Å². The van der Waals surface area contributed by atoms with E-state index in [9.17, 15) is 18.0 Å². The average molecular weight is 479 g/mol. The molecule has 162 valence electrons. The van der Waals surface area contributed by atoms with Gasteiger partial charge in [0.25, 0.3) is 5.56 Å². The highest BCUT2D eigenvalue weighted by atomic mass is 35.5. The monoisotopic (exact) mass is 478 g/mol. The van der Waals surface area contributed by atoms with E-state index < -0.39 is 10.0 Å². The standard InChI is InChI=1S/C20H19ClN4O4S2/c1-2-9-25-19(27)16-8-5-14(21)10-17(16)24-20(25)30-12-18(26)23-11-13-3-6-15(7-4-13)31(22,28)29/h2-8,10H,1,9,11-12H2,(H,23,26)(H2,22,28,29). The Morgan fingerprint density at radius 3 is 2.61 bits per heavy atom. The van der Waals surface area contributed by atoms with E-state index >= 15 is 0 Å². The van der Waals surface area contributed by atoms with Crippen molar-refractivity contribution in [3.05, 3.63) is 76.1 Å². The molecule has 1 amide bonds. The molecule has 1 aromatic heterocycles. The molecule has 11 heteroatoms. The summed E-state index contributed by atoms with van der Waals surface area (Å²) in [6.45, 7) is 4.14. The van der Waals surface area contributed by atoms with Gasteiger partial charge in [0, 0.05) is 18.1 Å². The summed E-state index contributed by atoms with van der Waals surface area (Å²) in [6.07, 6.45) is 1.58. The predicted molar refractivity (Wildman–Crippen MR) is 122 cm³/mol. The van der Waals surface area contributed by atoms with Crippen molar-refractivity contribution in [2.75, 3.05) is 5.75 Å². The molecule has 0 spiro atoms. The van der Waals surface area contributed by atoms with Crippen LogP contribution in [0.5, 0.6) is 0 Å². The molecule has 0 radical (unpaired) electrons. The van der Waals surface area contributed by atoms with E-state index in [4.69, 9.17) is 16.7 Å². The zero-order valence-electron chi connectivity index (χ0n) is 16.2. The molecule has 3 N–H and O–H groups in total. The number of halogens is 1. The van der Waals surface area contributed by atoms with Crippen LogP contribution in [-0.2, 0) is 27.9 Å². The molecular weight excluding hydrogens is 460 g/mol. The number of amides is 1. The Morgan fingerprint density at radius 1 is 1.26 bits per heavy atom. The summed E-state index contributed by atoms with van der Waals surface area (Å²) >= 11 is 7.13. The number of benzene rings is 2. The molecule has 3 aromatic rings. The first kappa shape index (κ1) is 23.0. The van der Waals surface area contributed by atoms with Crippen LogP contribution in [0.1, 0.15) is 5.56 Å². The van der Waals surface area contributed by atoms with Gasteiger partial charge in [-0.25, -0.2) is 18.5 Å². The topological polar surface area (TPSA) is 124 Å². The van der Waals surface area contributed by atoms with Crippen molar-refractivity contribution in [2.45, 2.75) is 23.1 Å². The van der Waals surface area contributed by atoms with E-state index in [-0.39, 0.29) is 35.2 Å². The van der Waals surface area contributed by atoms with Gasteiger partial charge in [-0.2, -0.15) is 0 Å². The summed E-state index contributed by atoms with van der Waals surface area (Å²) in [5, 5.41) is 9.09. The number of hydrogen-bond donors (Lipinski definition) is 2. The lowest BCUT2D eigenvalue weighted by Gasteiger charge is -2.12. The van der Waals surface area contributed by atoms with Crippen LogP contribution in [0.2, 0.25) is 5.02 Å². The van der Waals surface area contributed by atoms with Crippen molar-refractivity contribution in [3.8, 4) is 0 Å². The number of allylic oxidation sites excluding steroid dienone is 1. The minimum absolute atomic E-state index is 0.000744. The van der Waals surface area contributed by atoms with Crippen molar-refractivity contribution in [2.24, 2.45) is 5.14 Å². The number of carbonyl (C=O) groups excluding carboxylic acids is 1. The van der Waals surface area contributed by atoms with E-state index in [2.05, 4.69) is 16.9 Å². The van der Waals surface area contributed by atoms with Gasteiger partial charge in [0.1, 0.15) is 0 Å². The number of aromatic nitrogens is 2. The van der Waals surface area contributed by atoms with E-state index in [0.29, 0.717) is 26.6 Å². The maximum absolute atomic E-state index is 12.8. The first-order valence-electron chi connectivity index (χ1n) is 9.01. The molecular formula is C20H19ClN4O4S2. The lowest BCUT2D eigenvalue weighted by Crippen LogP contribution is -2.26. The molecule has 1 heterocycles. The molecule has 0 atom stereocenters. The van der Waals surface area contributed by atoms with Crippen LogP contribution in [0, 0.1) is 0 Å². The maximum atomic E-state index is 12.8. The van der Waals surface area contributed by atoms with Crippen LogP contribution in [0.4, 0.5) is 0 Å². The van der Waals surface area contributed by atoms with E-state index in [1.54, 1.807) is 36.4 Å². The van der Waals surface area contributed by atoms with E-state index in [0.717, 1.165) is 11.8 Å². The third kappa shape index (κ3) is 5.73. The highest BCUT2D eigenvalue weighted by Crippen LogP contribution is 2.20. The normalized spacial score (nSPS) is 11.4. The van der Waals surface area contributed by atoms with Gasteiger partial charge in [-0.1, -0.05) is 41.6 Å². The van der Waals surface area contributed by atoms with Gasteiger partial charge in [-0.3, -0.25) is 14.2 Å². The summed E-state index contributed by atoms with van der Waals surface area (Å²) < 4.78 is 24.0. The van der Waals surface area contributed by atoms with Gasteiger partial charge in [0.05, 0.1) is 21.6 Å². The van der Waals surface area contributed by atoms with Gasteiger partial charge in [0.15, 0.2) is 5.16 Å². The van der Waals surface area contributed by atoms with Crippen LogP contribution >= 0.6 is 23.4 Å². The van der Waals surface area contributed by atoms with Crippen molar-refractivity contribution < 1.29 is 13.2 Å². The highest BCUT2D eigenvalue weighted by molar-refractivity contribution is 7.99. The average Bonchev–Trinajstić information content (AvgIpc) is 2.72. The Hall–Kier alpha value is -2.66. The number of sulfonamides is 1. The number of nitrogens with one attached hydrogen (secondary N) is 1. The predicted octanol–water partition coefficient (Wildman–Crippen LogP) is 2.29. The molecule has 2 aromatic carbocycles. The molecule has 0 fully saturated rings. The van der Waals surface area contributed by atoms with Crippen molar-refractivity contribution in [1.29, 1.82) is 0 Å². The number of thioether (sulfide) groups is 1. The molecule has 0 aliphatic heterocycles. The maximum Gasteiger partial charge on any atom is 0.262 e. The fourth-order valence-corrected chi connectivity index (χ4v) is 4.27. The van der Waals surface area contributed by atoms with E-state index in [1.165, 1.54) is 16.7 Å². The molecule has 0 bridgehead atoms. The second kappa shape index (κ2) is 9.65. The first-order valence-corrected chi connectivity index (χ1v) is 11.9. The molecule has 0 unspecified atom stereocenters. The quantitative estimate of drug-likeness (QED) is 0.291. The second-order valence-electron chi connectivity index (χ2n) is 6.51. The van der Waals surface area contributed by atoms with Gasteiger partial charge in [-0.15, -0.1) is 6.58 Å². The SMILES string of the molecule is C=CCn1c(SCC(=O)NCc2ccc(S(N)(=O)=O)cc2)nc2cc(Cl)ccc2c1=O. The molecule has 0 aliphatic carbocycles. The third-order valence-electron chi connectivity index (χ3n) is 4.27. The number of carbonyl (C=O) groups is 1. The molecule has 3 rings (SSSR count). The lowest BCUT2D eigenvalue weighted by molar-refractivity contribution is -0.118. The summed E-state index contributed by atoms with van der Waals surface area (Å²) in [4.78, 5) is 29.5. The summed E-state index contributed by atoms with van der Waals surface area (Å²) in [5.74, 6) is -0.239. The zero-order chi connectivity index (χ0) is 22.6. The zero-order valence-corrected chi connectivity index (χ0v) is 18.6. The third-order valence-corrected chi connectivity index (χ3v) is 6.41. The number of rotatable bonds is 8. The van der Waals surface area contributed by atoms with Crippen LogP contribution in [0.3, 0.4) is 0 Å². The number of nitrogens with zero attached hydrogens (tertiary/aromatic N) is 2. The van der Waals surface area contributed by atoms with Crippen LogP contribution in [0.15, 0.2) is 70.0 Å². The van der Waals surface area contributed by atoms with Crippen LogP contribution in [-0.4, -0.2) is 29.6 Å². The minimum Gasteiger partial charge on any atom is -0.351 e. The van der Waals surface area contributed by atoms with Crippen molar-refractivity contribution >= 4 is 50.2 Å². The van der Waals surface area contributed by atoms with Gasteiger partial charge < -0.3 is 5.32 Å². The second-order valence-corrected chi connectivity index (χ2v) is 9.46. The first-order chi connectivity index (χ1) is 14.7. The van der Waals surface area contributed by atoms with E-state index in [1.807, 2.05) is 0 Å². The lowest BCUT2D eigenvalue weighted by atomic mass is 10.2. The molecule has 0 saturated heterocycles. The Morgan fingerprint density at radius 2 is 1.97 bits per heavy atom. The number of fused-ring (bicyclic) bond motifs is 1. The fraction of sp³-hybridized carbons (Fsp3) is 0.150. The Balaban J connectivity index is 1.70. The van der Waals surface area contributed by atoms with Crippen molar-refractivity contribution in [3.63, 3.8) is 0 Å². The molecule has 0 saturated carbocycles. The molecule has 0 aliphatic rings. The number of hydrogen-bond acceptors (Lipinski definition) is 6. The summed E-state index contributed by atoms with van der Waals surface area (Å²) in [6, 6.07) is 10.8. The van der Waals surface area contributed by atoms with Gasteiger partial charge in [0.2, 0.25) is 15.9 Å². The summed E-state index contributed by atoms with van der Waals surface area (Å²) in [5.41, 5.74) is 0.933. The largest absolute Gasteiger partial charge is 0.351 e. The molecule has 8 nitrogen and oxygen atoms in total. The van der Waals surface area contributed by atoms with Crippen LogP contribution in [0.25, 0.3) is 10.9 Å².